The summed E-state index contributed by atoms with van der Waals surface area (Å²) in [5, 5.41) is 0. The van der Waals surface area contributed by atoms with Crippen LogP contribution < -0.4 is 0 Å². The number of aryl methyl sites for hydroxylation is 2. The van der Waals surface area contributed by atoms with E-state index in [1.54, 1.807) is 23.6 Å². The Morgan fingerprint density at radius 2 is 1.59 bits per heavy atom. The Morgan fingerprint density at radius 1 is 0.963 bits per heavy atom. The lowest BCUT2D eigenvalue weighted by atomic mass is 10.1. The summed E-state index contributed by atoms with van der Waals surface area (Å²) in [7, 11) is 0. The van der Waals surface area contributed by atoms with Gasteiger partial charge in [-0.1, -0.05) is 0 Å². The molecule has 10 nitrogen and oxygen atoms in total. The van der Waals surface area contributed by atoms with Gasteiger partial charge in [-0.05, 0) is 13.8 Å². The first-order chi connectivity index (χ1) is 13.0. The van der Waals surface area contributed by atoms with Crippen LogP contribution in [0.25, 0.3) is 0 Å². The lowest BCUT2D eigenvalue weighted by Crippen LogP contribution is -2.63. The summed E-state index contributed by atoms with van der Waals surface area (Å²) in [4.78, 5) is 36.6. The molecule has 0 aromatic carbocycles. The molecule has 2 amide bonds. The van der Waals surface area contributed by atoms with Gasteiger partial charge in [0.1, 0.15) is 5.76 Å². The normalized spacial score (nSPS) is 23.0. The Balaban J connectivity index is 1.50. The van der Waals surface area contributed by atoms with E-state index in [-0.39, 0.29) is 36.4 Å². The highest BCUT2D eigenvalue weighted by Crippen LogP contribution is 2.27. The SMILES string of the molecule is Cc1ncoc1C(=O)N1CCOC2(CN(C(=O)c3ncoc3C)CCO2)C1. The van der Waals surface area contributed by atoms with Crippen molar-refractivity contribution >= 4 is 11.8 Å². The minimum absolute atomic E-state index is 0.188. The summed E-state index contributed by atoms with van der Waals surface area (Å²) in [6.07, 6.45) is 2.49. The first-order valence-electron chi connectivity index (χ1n) is 8.66. The van der Waals surface area contributed by atoms with E-state index >= 15 is 0 Å². The van der Waals surface area contributed by atoms with Crippen LogP contribution in [0.1, 0.15) is 32.5 Å². The molecule has 2 fully saturated rings. The van der Waals surface area contributed by atoms with Gasteiger partial charge >= 0.3 is 0 Å². The van der Waals surface area contributed by atoms with Crippen LogP contribution in [-0.4, -0.2) is 76.8 Å². The summed E-state index contributed by atoms with van der Waals surface area (Å²) in [6.45, 7) is 5.19. The lowest BCUT2D eigenvalue weighted by molar-refractivity contribution is -0.282. The Kier molecular flexibility index (Phi) is 4.44. The number of carbonyl (C=O) groups is 2. The van der Waals surface area contributed by atoms with Gasteiger partial charge in [0.25, 0.3) is 11.8 Å². The zero-order valence-electron chi connectivity index (χ0n) is 15.1. The molecule has 0 N–H and O–H groups in total. The number of morpholine rings is 2. The minimum atomic E-state index is -1.08. The smallest absolute Gasteiger partial charge is 0.291 e. The zero-order chi connectivity index (χ0) is 19.0. The van der Waals surface area contributed by atoms with Gasteiger partial charge in [-0.3, -0.25) is 9.59 Å². The van der Waals surface area contributed by atoms with E-state index in [1.807, 2.05) is 0 Å². The maximum absolute atomic E-state index is 12.7. The van der Waals surface area contributed by atoms with Gasteiger partial charge in [0.2, 0.25) is 11.5 Å². The average Bonchev–Trinajstić information content (AvgIpc) is 3.28. The monoisotopic (exact) mass is 376 g/mol. The third kappa shape index (κ3) is 3.21. The first-order valence-corrected chi connectivity index (χ1v) is 8.66. The summed E-state index contributed by atoms with van der Waals surface area (Å²) < 4.78 is 22.1. The molecule has 27 heavy (non-hydrogen) atoms. The Bertz CT molecular complexity index is 789. The number of rotatable bonds is 2. The van der Waals surface area contributed by atoms with Crippen LogP contribution in [-0.2, 0) is 9.47 Å². The van der Waals surface area contributed by atoms with Gasteiger partial charge in [-0.2, -0.15) is 0 Å². The topological polar surface area (TPSA) is 111 Å². The van der Waals surface area contributed by atoms with Crippen LogP contribution >= 0.6 is 0 Å². The van der Waals surface area contributed by atoms with Crippen molar-refractivity contribution < 1.29 is 27.9 Å². The van der Waals surface area contributed by atoms with Gasteiger partial charge in [0.15, 0.2) is 18.5 Å². The molecule has 2 saturated heterocycles. The van der Waals surface area contributed by atoms with Crippen LogP contribution in [0.4, 0.5) is 0 Å². The Hall–Kier alpha value is -2.72. The van der Waals surface area contributed by atoms with E-state index in [9.17, 15) is 9.59 Å². The molecule has 0 saturated carbocycles. The van der Waals surface area contributed by atoms with Crippen molar-refractivity contribution in [3.8, 4) is 0 Å². The second-order valence-electron chi connectivity index (χ2n) is 6.59. The Labute approximate surface area is 155 Å². The summed E-state index contributed by atoms with van der Waals surface area (Å²) in [5.74, 6) is -0.932. The molecule has 0 aliphatic carbocycles. The number of nitrogens with zero attached hydrogens (tertiary/aromatic N) is 4. The number of hydrogen-bond donors (Lipinski definition) is 0. The number of amides is 2. The average molecular weight is 376 g/mol. The molecule has 4 rings (SSSR count). The number of aromatic nitrogens is 2. The van der Waals surface area contributed by atoms with Crippen LogP contribution in [0.5, 0.6) is 0 Å². The standard InChI is InChI=1S/C17H20N4O6/c1-11-14(25-9-18-11)16(23)21-4-6-27-17(8-21)7-20(3-5-26-17)15(22)13-12(2)24-10-19-13/h9-10H,3-8H2,1-2H3. The summed E-state index contributed by atoms with van der Waals surface area (Å²) in [6, 6.07) is 0. The lowest BCUT2D eigenvalue weighted by Gasteiger charge is -2.47. The molecule has 0 radical (unpaired) electrons. The molecular weight excluding hydrogens is 356 g/mol. The molecule has 4 heterocycles. The van der Waals surface area contributed by atoms with E-state index in [0.29, 0.717) is 37.8 Å². The quantitative estimate of drug-likeness (QED) is 0.750. The fourth-order valence-corrected chi connectivity index (χ4v) is 3.36. The largest absolute Gasteiger partial charge is 0.448 e. The fourth-order valence-electron chi connectivity index (χ4n) is 3.36. The molecule has 144 valence electrons. The predicted molar refractivity (Wildman–Crippen MR) is 88.9 cm³/mol. The first kappa shape index (κ1) is 17.7. The maximum Gasteiger partial charge on any atom is 0.291 e. The Morgan fingerprint density at radius 3 is 2.15 bits per heavy atom. The van der Waals surface area contributed by atoms with Crippen molar-refractivity contribution in [2.24, 2.45) is 0 Å². The fraction of sp³-hybridized carbons (Fsp3) is 0.529. The van der Waals surface area contributed by atoms with Crippen LogP contribution in [0.3, 0.4) is 0 Å². The predicted octanol–water partition coefficient (Wildman–Crippen LogP) is 0.621. The molecule has 1 atom stereocenters. The molecule has 2 aromatic rings. The van der Waals surface area contributed by atoms with Crippen molar-refractivity contribution in [3.63, 3.8) is 0 Å². The molecule has 1 spiro atoms. The van der Waals surface area contributed by atoms with E-state index in [0.717, 1.165) is 0 Å². The second-order valence-corrected chi connectivity index (χ2v) is 6.59. The maximum atomic E-state index is 12.7. The number of oxazole rings is 2. The third-order valence-electron chi connectivity index (χ3n) is 4.78. The summed E-state index contributed by atoms with van der Waals surface area (Å²) in [5.41, 5.74) is 0.802. The van der Waals surface area contributed by atoms with Gasteiger partial charge in [0, 0.05) is 13.1 Å². The van der Waals surface area contributed by atoms with Gasteiger partial charge in [-0.25, -0.2) is 9.97 Å². The number of ether oxygens (including phenoxy) is 2. The van der Waals surface area contributed by atoms with E-state index in [4.69, 9.17) is 18.3 Å². The van der Waals surface area contributed by atoms with E-state index in [2.05, 4.69) is 9.97 Å². The molecular formula is C17H20N4O6. The van der Waals surface area contributed by atoms with Crippen LogP contribution in [0, 0.1) is 13.8 Å². The van der Waals surface area contributed by atoms with Crippen LogP contribution in [0.15, 0.2) is 21.6 Å². The number of hydrogen-bond acceptors (Lipinski definition) is 8. The van der Waals surface area contributed by atoms with Crippen molar-refractivity contribution in [3.05, 3.63) is 35.7 Å². The minimum Gasteiger partial charge on any atom is -0.448 e. The van der Waals surface area contributed by atoms with Crippen molar-refractivity contribution in [2.75, 3.05) is 39.4 Å². The van der Waals surface area contributed by atoms with Crippen LogP contribution in [0.2, 0.25) is 0 Å². The number of carbonyl (C=O) groups excluding carboxylic acids is 2. The zero-order valence-corrected chi connectivity index (χ0v) is 15.1. The second kappa shape index (κ2) is 6.78. The molecule has 2 aliphatic heterocycles. The molecule has 10 heteroatoms. The van der Waals surface area contributed by atoms with Gasteiger partial charge < -0.3 is 28.1 Å². The van der Waals surface area contributed by atoms with Gasteiger partial charge in [0.05, 0.1) is 32.0 Å². The molecule has 1 unspecified atom stereocenters. The molecule has 2 aliphatic rings. The van der Waals surface area contributed by atoms with Gasteiger partial charge in [-0.15, -0.1) is 0 Å². The van der Waals surface area contributed by atoms with Crippen molar-refractivity contribution in [1.82, 2.24) is 19.8 Å². The van der Waals surface area contributed by atoms with Crippen molar-refractivity contribution in [1.29, 1.82) is 0 Å². The highest BCUT2D eigenvalue weighted by molar-refractivity contribution is 5.93. The van der Waals surface area contributed by atoms with E-state index < -0.39 is 5.79 Å². The summed E-state index contributed by atoms with van der Waals surface area (Å²) >= 11 is 0. The third-order valence-corrected chi connectivity index (χ3v) is 4.78. The molecule has 0 bridgehead atoms. The highest BCUT2D eigenvalue weighted by atomic mass is 16.7. The van der Waals surface area contributed by atoms with E-state index in [1.165, 1.54) is 12.8 Å². The molecule has 2 aromatic heterocycles. The van der Waals surface area contributed by atoms with Crippen molar-refractivity contribution in [2.45, 2.75) is 19.6 Å². The highest BCUT2D eigenvalue weighted by Gasteiger charge is 2.45.